The number of likely N-dealkylation sites (tertiary alicyclic amines) is 1. The monoisotopic (exact) mass is 336 g/mol. The molecule has 2 saturated heterocycles. The van der Waals surface area contributed by atoms with Gasteiger partial charge in [-0.25, -0.2) is 0 Å². The minimum Gasteiger partial charge on any atom is -0.378 e. The van der Waals surface area contributed by atoms with Crippen molar-refractivity contribution in [1.29, 1.82) is 0 Å². The van der Waals surface area contributed by atoms with Gasteiger partial charge >= 0.3 is 0 Å². The van der Waals surface area contributed by atoms with Gasteiger partial charge in [-0.05, 0) is 43.6 Å². The van der Waals surface area contributed by atoms with Gasteiger partial charge in [-0.3, -0.25) is 9.89 Å². The van der Waals surface area contributed by atoms with Crippen LogP contribution in [0.1, 0.15) is 24.4 Å². The number of benzene rings is 1. The average molecular weight is 337 g/mol. The molecule has 0 radical (unpaired) electrons. The number of nitrogens with zero attached hydrogens (tertiary/aromatic N) is 3. The van der Waals surface area contributed by atoms with Crippen molar-refractivity contribution in [2.45, 2.75) is 18.9 Å². The maximum atomic E-state index is 6.18. The Balaban J connectivity index is 1.73. The Morgan fingerprint density at radius 1 is 1.22 bits per heavy atom. The average Bonchev–Trinajstić information content (AvgIpc) is 3.10. The van der Waals surface area contributed by atoms with Crippen molar-refractivity contribution in [3.63, 3.8) is 0 Å². The molecule has 2 fully saturated rings. The first-order valence-corrected chi connectivity index (χ1v) is 8.74. The van der Waals surface area contributed by atoms with Gasteiger partial charge in [-0.1, -0.05) is 23.7 Å². The molecule has 1 aromatic rings. The first-order valence-electron chi connectivity index (χ1n) is 8.36. The van der Waals surface area contributed by atoms with Crippen LogP contribution in [-0.2, 0) is 4.74 Å². The number of aliphatic imine (C=N–C) groups is 1. The molecule has 0 spiro atoms. The van der Waals surface area contributed by atoms with Crippen molar-refractivity contribution in [2.75, 3.05) is 45.9 Å². The summed E-state index contributed by atoms with van der Waals surface area (Å²) in [6.45, 7) is 5.99. The third-order valence-corrected chi connectivity index (χ3v) is 4.81. The molecule has 5 nitrogen and oxygen atoms in total. The van der Waals surface area contributed by atoms with E-state index in [1.54, 1.807) is 0 Å². The first kappa shape index (κ1) is 16.6. The molecule has 2 aliphatic rings. The Kier molecular flexibility index (Phi) is 5.75. The lowest BCUT2D eigenvalue weighted by Gasteiger charge is -2.30. The number of nitrogens with two attached hydrogens (primary N) is 1. The van der Waals surface area contributed by atoms with Crippen LogP contribution >= 0.6 is 11.6 Å². The zero-order valence-corrected chi connectivity index (χ0v) is 14.2. The maximum Gasteiger partial charge on any atom is 0.191 e. The van der Waals surface area contributed by atoms with Crippen LogP contribution in [0.15, 0.2) is 29.3 Å². The molecule has 1 atom stereocenters. The summed E-state index contributed by atoms with van der Waals surface area (Å²) in [5.74, 6) is 0.625. The lowest BCUT2D eigenvalue weighted by Crippen LogP contribution is -2.45. The van der Waals surface area contributed by atoms with E-state index in [9.17, 15) is 0 Å². The maximum absolute atomic E-state index is 6.18. The first-order chi connectivity index (χ1) is 11.2. The molecule has 0 aromatic heterocycles. The van der Waals surface area contributed by atoms with Crippen LogP contribution in [0, 0.1) is 0 Å². The Hall–Kier alpha value is -1.30. The van der Waals surface area contributed by atoms with Crippen LogP contribution in [0.25, 0.3) is 0 Å². The molecule has 2 aliphatic heterocycles. The number of guanidine groups is 1. The van der Waals surface area contributed by atoms with Crippen LogP contribution < -0.4 is 5.73 Å². The normalized spacial score (nSPS) is 21.6. The molecule has 1 aromatic carbocycles. The highest BCUT2D eigenvalue weighted by Gasteiger charge is 2.24. The molecular weight excluding hydrogens is 312 g/mol. The summed E-state index contributed by atoms with van der Waals surface area (Å²) in [4.78, 5) is 9.27. The van der Waals surface area contributed by atoms with Crippen LogP contribution in [0.3, 0.4) is 0 Å². The second-order valence-electron chi connectivity index (χ2n) is 6.11. The fourth-order valence-electron chi connectivity index (χ4n) is 3.27. The molecule has 0 saturated carbocycles. The van der Waals surface area contributed by atoms with E-state index in [0.29, 0.717) is 12.5 Å². The number of ether oxygens (including phenoxy) is 1. The van der Waals surface area contributed by atoms with Gasteiger partial charge in [-0.15, -0.1) is 0 Å². The number of hydrogen-bond donors (Lipinski definition) is 1. The van der Waals surface area contributed by atoms with Crippen LogP contribution in [-0.4, -0.2) is 61.7 Å². The summed E-state index contributed by atoms with van der Waals surface area (Å²) in [6.07, 6.45) is 2.50. The van der Waals surface area contributed by atoms with E-state index >= 15 is 0 Å². The highest BCUT2D eigenvalue weighted by molar-refractivity contribution is 6.30. The Bertz CT molecular complexity index is 539. The number of morpholine rings is 1. The van der Waals surface area contributed by atoms with Gasteiger partial charge in [0.1, 0.15) is 0 Å². The molecule has 3 rings (SSSR count). The summed E-state index contributed by atoms with van der Waals surface area (Å²) >= 11 is 6.18. The van der Waals surface area contributed by atoms with Crippen molar-refractivity contribution in [2.24, 2.45) is 10.7 Å². The number of halogens is 1. The molecule has 2 heterocycles. The van der Waals surface area contributed by atoms with Crippen LogP contribution in [0.5, 0.6) is 0 Å². The van der Waals surface area contributed by atoms with Crippen molar-refractivity contribution in [3.8, 4) is 0 Å². The minimum atomic E-state index is 0.246. The summed E-state index contributed by atoms with van der Waals surface area (Å²) in [5, 5.41) is 0.775. The third-order valence-electron chi connectivity index (χ3n) is 4.58. The number of rotatable bonds is 4. The number of hydrogen-bond acceptors (Lipinski definition) is 3. The quantitative estimate of drug-likeness (QED) is 0.676. The Morgan fingerprint density at radius 3 is 2.65 bits per heavy atom. The van der Waals surface area contributed by atoms with E-state index in [1.807, 2.05) is 18.2 Å². The van der Waals surface area contributed by atoms with Gasteiger partial charge in [0.15, 0.2) is 5.96 Å². The lowest BCUT2D eigenvalue weighted by atomic mass is 10.1. The SMILES string of the molecule is NC(=NCC(c1cccc(Cl)c1)N1CCCC1)N1CCOCC1. The van der Waals surface area contributed by atoms with Crippen molar-refractivity contribution in [1.82, 2.24) is 9.80 Å². The molecule has 126 valence electrons. The zero-order valence-electron chi connectivity index (χ0n) is 13.5. The molecule has 0 aliphatic carbocycles. The van der Waals surface area contributed by atoms with E-state index in [0.717, 1.165) is 44.4 Å². The Morgan fingerprint density at radius 2 is 1.96 bits per heavy atom. The zero-order chi connectivity index (χ0) is 16.1. The van der Waals surface area contributed by atoms with Gasteiger partial charge in [0.25, 0.3) is 0 Å². The molecule has 0 amide bonds. The molecule has 0 bridgehead atoms. The fraction of sp³-hybridized carbons (Fsp3) is 0.588. The highest BCUT2D eigenvalue weighted by atomic mass is 35.5. The predicted octanol–water partition coefficient (Wildman–Crippen LogP) is 2.12. The fourth-order valence-corrected chi connectivity index (χ4v) is 3.47. The summed E-state index contributed by atoms with van der Waals surface area (Å²) in [6, 6.07) is 8.35. The lowest BCUT2D eigenvalue weighted by molar-refractivity contribution is 0.0673. The summed E-state index contributed by atoms with van der Waals surface area (Å²) < 4.78 is 5.36. The molecule has 1 unspecified atom stereocenters. The minimum absolute atomic E-state index is 0.246. The molecular formula is C17H25ClN4O. The topological polar surface area (TPSA) is 54.1 Å². The third kappa shape index (κ3) is 4.37. The predicted molar refractivity (Wildman–Crippen MR) is 93.9 cm³/mol. The van der Waals surface area contributed by atoms with Gasteiger partial charge < -0.3 is 15.4 Å². The highest BCUT2D eigenvalue weighted by Crippen LogP contribution is 2.27. The smallest absolute Gasteiger partial charge is 0.191 e. The molecule has 2 N–H and O–H groups in total. The van der Waals surface area contributed by atoms with E-state index in [-0.39, 0.29) is 6.04 Å². The van der Waals surface area contributed by atoms with E-state index in [1.165, 1.54) is 18.4 Å². The Labute approximate surface area is 143 Å². The van der Waals surface area contributed by atoms with Gasteiger partial charge in [-0.2, -0.15) is 0 Å². The van der Waals surface area contributed by atoms with E-state index in [4.69, 9.17) is 22.1 Å². The second kappa shape index (κ2) is 7.99. The summed E-state index contributed by atoms with van der Waals surface area (Å²) in [7, 11) is 0. The second-order valence-corrected chi connectivity index (χ2v) is 6.55. The molecule has 6 heteroatoms. The van der Waals surface area contributed by atoms with Crippen molar-refractivity contribution in [3.05, 3.63) is 34.9 Å². The largest absolute Gasteiger partial charge is 0.378 e. The van der Waals surface area contributed by atoms with Crippen molar-refractivity contribution < 1.29 is 4.74 Å². The van der Waals surface area contributed by atoms with Gasteiger partial charge in [0, 0.05) is 18.1 Å². The van der Waals surface area contributed by atoms with Crippen molar-refractivity contribution >= 4 is 17.6 Å². The van der Waals surface area contributed by atoms with Gasteiger partial charge in [0.2, 0.25) is 0 Å². The molecule has 23 heavy (non-hydrogen) atoms. The summed E-state index contributed by atoms with van der Waals surface area (Å²) in [5.41, 5.74) is 7.40. The van der Waals surface area contributed by atoms with E-state index < -0.39 is 0 Å². The van der Waals surface area contributed by atoms with E-state index in [2.05, 4.69) is 20.9 Å². The van der Waals surface area contributed by atoms with Crippen LogP contribution in [0.2, 0.25) is 5.02 Å². The van der Waals surface area contributed by atoms with Gasteiger partial charge in [0.05, 0.1) is 25.8 Å². The standard InChI is InChI=1S/C17H25ClN4O/c18-15-5-3-4-14(12-15)16(21-6-1-2-7-21)13-20-17(19)22-8-10-23-11-9-22/h3-5,12,16H,1-2,6-11,13H2,(H2,19,20). The van der Waals surface area contributed by atoms with Crippen LogP contribution in [0.4, 0.5) is 0 Å².